The van der Waals surface area contributed by atoms with Crippen LogP contribution >= 0.6 is 0 Å². The molecule has 1 atom stereocenters. The number of nitrogens with zero attached hydrogens (tertiary/aromatic N) is 3. The molecule has 0 saturated carbocycles. The zero-order valence-electron chi connectivity index (χ0n) is 14.6. The molecule has 1 aromatic carbocycles. The van der Waals surface area contributed by atoms with Gasteiger partial charge in [-0.05, 0) is 31.5 Å². The normalized spacial score (nSPS) is 18.0. The Labute approximate surface area is 148 Å². The van der Waals surface area contributed by atoms with Crippen LogP contribution in [0.3, 0.4) is 0 Å². The molecule has 0 amide bonds. The lowest BCUT2D eigenvalue weighted by Gasteiger charge is -2.26. The van der Waals surface area contributed by atoms with Crippen molar-refractivity contribution < 1.29 is 13.2 Å². The van der Waals surface area contributed by atoms with E-state index < -0.39 is 10.0 Å². The van der Waals surface area contributed by atoms with Crippen LogP contribution in [0.5, 0.6) is 5.75 Å². The summed E-state index contributed by atoms with van der Waals surface area (Å²) in [7, 11) is -2.00. The first-order chi connectivity index (χ1) is 12.1. The first kappa shape index (κ1) is 17.9. The Bertz CT molecular complexity index is 813. The molecule has 3 rings (SSSR count). The number of methoxy groups -OCH3 is 1. The predicted molar refractivity (Wildman–Crippen MR) is 95.6 cm³/mol. The van der Waals surface area contributed by atoms with Crippen molar-refractivity contribution in [1.29, 1.82) is 0 Å². The second-order valence-electron chi connectivity index (χ2n) is 6.05. The van der Waals surface area contributed by atoms with Crippen LogP contribution in [0, 0.1) is 0 Å². The summed E-state index contributed by atoms with van der Waals surface area (Å²) >= 11 is 0. The van der Waals surface area contributed by atoms with Gasteiger partial charge < -0.3 is 10.1 Å². The van der Waals surface area contributed by atoms with Crippen LogP contribution in [0.25, 0.3) is 5.69 Å². The van der Waals surface area contributed by atoms with Gasteiger partial charge in [0.2, 0.25) is 10.0 Å². The van der Waals surface area contributed by atoms with Gasteiger partial charge in [-0.15, -0.1) is 0 Å². The average molecular weight is 364 g/mol. The lowest BCUT2D eigenvalue weighted by Crippen LogP contribution is -2.41. The number of ether oxygens (including phenoxy) is 1. The van der Waals surface area contributed by atoms with E-state index in [0.717, 1.165) is 19.4 Å². The zero-order valence-corrected chi connectivity index (χ0v) is 15.4. The van der Waals surface area contributed by atoms with Crippen molar-refractivity contribution in [2.75, 3.05) is 26.7 Å². The summed E-state index contributed by atoms with van der Waals surface area (Å²) < 4.78 is 34.7. The Kier molecular flexibility index (Phi) is 5.41. The summed E-state index contributed by atoms with van der Waals surface area (Å²) in [5.74, 6) is 0.639. The second kappa shape index (κ2) is 7.55. The van der Waals surface area contributed by atoms with E-state index in [1.54, 1.807) is 22.3 Å². The van der Waals surface area contributed by atoms with E-state index in [9.17, 15) is 8.42 Å². The van der Waals surface area contributed by atoms with Crippen molar-refractivity contribution >= 4 is 10.0 Å². The minimum atomic E-state index is -3.58. The summed E-state index contributed by atoms with van der Waals surface area (Å²) in [6, 6.07) is 7.38. The van der Waals surface area contributed by atoms with Crippen molar-refractivity contribution in [3.05, 3.63) is 36.7 Å². The number of hydrogen-bond donors (Lipinski definition) is 1. The van der Waals surface area contributed by atoms with Gasteiger partial charge in [-0.1, -0.05) is 19.1 Å². The number of hydrogen-bond acceptors (Lipinski definition) is 5. The fourth-order valence-electron chi connectivity index (χ4n) is 3.13. The lowest BCUT2D eigenvalue weighted by molar-refractivity contribution is 0.335. The van der Waals surface area contributed by atoms with Crippen LogP contribution in [0.2, 0.25) is 0 Å². The molecule has 7 nitrogen and oxygen atoms in total. The highest BCUT2D eigenvalue weighted by Crippen LogP contribution is 2.25. The van der Waals surface area contributed by atoms with E-state index in [1.165, 1.54) is 6.20 Å². The van der Waals surface area contributed by atoms with Crippen LogP contribution < -0.4 is 10.1 Å². The predicted octanol–water partition coefficient (Wildman–Crippen LogP) is 1.64. The van der Waals surface area contributed by atoms with Crippen LogP contribution in [-0.4, -0.2) is 55.3 Å². The summed E-state index contributed by atoms with van der Waals surface area (Å²) in [6.07, 6.45) is 4.57. The topological polar surface area (TPSA) is 76.5 Å². The Hall–Kier alpha value is -1.90. The van der Waals surface area contributed by atoms with Crippen molar-refractivity contribution in [1.82, 2.24) is 19.4 Å². The molecule has 1 aliphatic heterocycles. The maximum absolute atomic E-state index is 13.1. The Morgan fingerprint density at radius 3 is 2.88 bits per heavy atom. The Morgan fingerprint density at radius 2 is 2.20 bits per heavy atom. The Morgan fingerprint density at radius 1 is 1.40 bits per heavy atom. The largest absolute Gasteiger partial charge is 0.494 e. The quantitative estimate of drug-likeness (QED) is 0.808. The first-order valence-electron chi connectivity index (χ1n) is 8.48. The highest BCUT2D eigenvalue weighted by atomic mass is 32.2. The molecule has 0 bridgehead atoms. The SMILES string of the molecule is CCCN(C1CCNC1)S(=O)(=O)c1cnn(-c2ccccc2OC)c1. The van der Waals surface area contributed by atoms with Gasteiger partial charge in [0, 0.05) is 19.1 Å². The molecule has 8 heteroatoms. The molecule has 1 fully saturated rings. The Balaban J connectivity index is 1.94. The van der Waals surface area contributed by atoms with Gasteiger partial charge in [-0.25, -0.2) is 13.1 Å². The second-order valence-corrected chi connectivity index (χ2v) is 7.95. The molecular formula is C17H24N4O3S. The number of rotatable bonds is 7. The standard InChI is InChI=1S/C17H24N4O3S/c1-3-10-21(14-8-9-18-11-14)25(22,23)15-12-19-20(13-15)16-6-4-5-7-17(16)24-2/h4-7,12-14,18H,3,8-11H2,1-2H3. The van der Waals surface area contributed by atoms with Gasteiger partial charge in [-0.2, -0.15) is 9.40 Å². The molecule has 1 aromatic heterocycles. The van der Waals surface area contributed by atoms with Crippen LogP contribution in [0.4, 0.5) is 0 Å². The van der Waals surface area contributed by atoms with Gasteiger partial charge in [-0.3, -0.25) is 0 Å². The molecule has 1 saturated heterocycles. The molecule has 136 valence electrons. The molecule has 1 aliphatic rings. The van der Waals surface area contributed by atoms with E-state index in [2.05, 4.69) is 10.4 Å². The van der Waals surface area contributed by atoms with Gasteiger partial charge in [0.1, 0.15) is 16.3 Å². The highest BCUT2D eigenvalue weighted by Gasteiger charge is 2.33. The highest BCUT2D eigenvalue weighted by molar-refractivity contribution is 7.89. The summed E-state index contributed by atoms with van der Waals surface area (Å²) in [5.41, 5.74) is 0.705. The number of benzene rings is 1. The van der Waals surface area contributed by atoms with E-state index in [-0.39, 0.29) is 10.9 Å². The summed E-state index contributed by atoms with van der Waals surface area (Å²) in [6.45, 7) is 4.04. The average Bonchev–Trinajstić information content (AvgIpc) is 3.31. The lowest BCUT2D eigenvalue weighted by atomic mass is 10.2. The van der Waals surface area contributed by atoms with Crippen molar-refractivity contribution in [2.24, 2.45) is 0 Å². The molecule has 2 aromatic rings. The minimum absolute atomic E-state index is 0.000406. The third-order valence-corrected chi connectivity index (χ3v) is 6.29. The number of sulfonamides is 1. The molecule has 0 spiro atoms. The maximum atomic E-state index is 13.1. The summed E-state index contributed by atoms with van der Waals surface area (Å²) in [5, 5.41) is 7.48. The molecule has 25 heavy (non-hydrogen) atoms. The number of aromatic nitrogens is 2. The van der Waals surface area contributed by atoms with Gasteiger partial charge >= 0.3 is 0 Å². The summed E-state index contributed by atoms with van der Waals surface area (Å²) in [4.78, 5) is 0.207. The van der Waals surface area contributed by atoms with E-state index in [1.807, 2.05) is 31.2 Å². The number of nitrogens with one attached hydrogen (secondary N) is 1. The van der Waals surface area contributed by atoms with Crippen molar-refractivity contribution in [3.8, 4) is 11.4 Å². The number of para-hydroxylation sites is 2. The molecule has 0 radical (unpaired) electrons. The first-order valence-corrected chi connectivity index (χ1v) is 9.92. The zero-order chi connectivity index (χ0) is 17.9. The van der Waals surface area contributed by atoms with Crippen molar-refractivity contribution in [3.63, 3.8) is 0 Å². The van der Waals surface area contributed by atoms with Gasteiger partial charge in [0.25, 0.3) is 0 Å². The monoisotopic (exact) mass is 364 g/mol. The smallest absolute Gasteiger partial charge is 0.246 e. The third kappa shape index (κ3) is 3.56. The maximum Gasteiger partial charge on any atom is 0.246 e. The van der Waals surface area contributed by atoms with Crippen LogP contribution in [0.1, 0.15) is 19.8 Å². The molecule has 1 unspecified atom stereocenters. The van der Waals surface area contributed by atoms with Gasteiger partial charge in [0.15, 0.2) is 0 Å². The van der Waals surface area contributed by atoms with Crippen LogP contribution in [-0.2, 0) is 10.0 Å². The molecule has 0 aliphatic carbocycles. The van der Waals surface area contributed by atoms with E-state index >= 15 is 0 Å². The fourth-order valence-corrected chi connectivity index (χ4v) is 4.81. The molecule has 2 heterocycles. The van der Waals surface area contributed by atoms with Crippen LogP contribution in [0.15, 0.2) is 41.6 Å². The van der Waals surface area contributed by atoms with Crippen molar-refractivity contribution in [2.45, 2.75) is 30.7 Å². The minimum Gasteiger partial charge on any atom is -0.494 e. The fraction of sp³-hybridized carbons (Fsp3) is 0.471. The molecular weight excluding hydrogens is 340 g/mol. The third-order valence-electron chi connectivity index (χ3n) is 4.38. The molecule has 1 N–H and O–H groups in total. The van der Waals surface area contributed by atoms with E-state index in [0.29, 0.717) is 24.5 Å². The van der Waals surface area contributed by atoms with Gasteiger partial charge in [0.05, 0.1) is 19.5 Å². The van der Waals surface area contributed by atoms with E-state index in [4.69, 9.17) is 4.74 Å².